The average molecular weight is 512 g/mol. The van der Waals surface area contributed by atoms with Gasteiger partial charge in [0.15, 0.2) is 0 Å². The Labute approximate surface area is 141 Å². The lowest BCUT2D eigenvalue weighted by atomic mass is 10.1. The number of carbonyl (C=O) groups excluding carboxylic acids is 1. The van der Waals surface area contributed by atoms with Gasteiger partial charge in [-0.25, -0.2) is 4.74 Å². The SMILES string of the molecule is COC(=O)C(I)CC(F)(F)C(F)(F)OC(F)(F)C(F)(F)S(=O)(=O)F. The molecule has 0 aromatic heterocycles. The number of methoxy groups -OCH3 is 1. The highest BCUT2D eigenvalue weighted by Gasteiger charge is 2.74. The van der Waals surface area contributed by atoms with Gasteiger partial charge in [-0.2, -0.15) is 43.5 Å². The van der Waals surface area contributed by atoms with E-state index in [-0.39, 0.29) is 0 Å². The van der Waals surface area contributed by atoms with Crippen molar-refractivity contribution in [3.05, 3.63) is 0 Å². The lowest BCUT2D eigenvalue weighted by Crippen LogP contribution is -2.55. The topological polar surface area (TPSA) is 69.7 Å². The molecule has 0 heterocycles. The maximum Gasteiger partial charge on any atom is 0.464 e. The van der Waals surface area contributed by atoms with Crippen LogP contribution >= 0.6 is 22.6 Å². The van der Waals surface area contributed by atoms with Crippen LogP contribution in [0.5, 0.6) is 0 Å². The van der Waals surface area contributed by atoms with E-state index in [2.05, 4.69) is 4.74 Å². The predicted molar refractivity (Wildman–Crippen MR) is 65.3 cm³/mol. The molecule has 0 aliphatic carbocycles. The van der Waals surface area contributed by atoms with Crippen LogP contribution in [0.4, 0.5) is 39.0 Å². The summed E-state index contributed by atoms with van der Waals surface area (Å²) in [5.41, 5.74) is 0. The third-order valence-corrected chi connectivity index (χ3v) is 4.02. The van der Waals surface area contributed by atoms with E-state index in [0.717, 1.165) is 22.6 Å². The minimum Gasteiger partial charge on any atom is -0.468 e. The fraction of sp³-hybridized carbons (Fsp3) is 0.875. The van der Waals surface area contributed by atoms with Gasteiger partial charge in [0.1, 0.15) is 3.92 Å². The molecular formula is C8H6F9IO5S. The highest BCUT2D eigenvalue weighted by molar-refractivity contribution is 14.1. The summed E-state index contributed by atoms with van der Waals surface area (Å²) in [5, 5.41) is -6.87. The molecule has 0 N–H and O–H groups in total. The number of carbonyl (C=O) groups is 1. The lowest BCUT2D eigenvalue weighted by molar-refractivity contribution is -0.456. The highest BCUT2D eigenvalue weighted by atomic mass is 127. The normalized spacial score (nSPS) is 16.0. The minimum absolute atomic E-state index is 0.682. The minimum atomic E-state index is -7.48. The van der Waals surface area contributed by atoms with E-state index in [1.807, 2.05) is 4.74 Å². The van der Waals surface area contributed by atoms with Crippen LogP contribution in [0.3, 0.4) is 0 Å². The van der Waals surface area contributed by atoms with Gasteiger partial charge in [0.05, 0.1) is 7.11 Å². The smallest absolute Gasteiger partial charge is 0.464 e. The van der Waals surface area contributed by atoms with E-state index >= 15 is 0 Å². The molecule has 144 valence electrons. The Morgan fingerprint density at radius 3 is 1.79 bits per heavy atom. The number of alkyl halides is 9. The molecule has 0 saturated carbocycles. The van der Waals surface area contributed by atoms with Gasteiger partial charge in [0.2, 0.25) is 0 Å². The zero-order chi connectivity index (χ0) is 19.8. The van der Waals surface area contributed by atoms with E-state index in [9.17, 15) is 52.2 Å². The molecule has 0 saturated heterocycles. The molecule has 24 heavy (non-hydrogen) atoms. The molecular weight excluding hydrogens is 506 g/mol. The van der Waals surface area contributed by atoms with E-state index in [0.29, 0.717) is 7.11 Å². The number of hydrogen-bond acceptors (Lipinski definition) is 5. The Balaban J connectivity index is 5.56. The van der Waals surface area contributed by atoms with E-state index < -0.39 is 49.9 Å². The molecule has 1 unspecified atom stereocenters. The van der Waals surface area contributed by atoms with Gasteiger partial charge < -0.3 is 4.74 Å². The summed E-state index contributed by atoms with van der Waals surface area (Å²) in [6.45, 7) is 0. The van der Waals surface area contributed by atoms with Crippen molar-refractivity contribution in [3.8, 4) is 0 Å². The maximum atomic E-state index is 13.3. The Morgan fingerprint density at radius 1 is 1.04 bits per heavy atom. The lowest BCUT2D eigenvalue weighted by Gasteiger charge is -2.31. The molecule has 0 amide bonds. The van der Waals surface area contributed by atoms with Crippen molar-refractivity contribution >= 4 is 38.8 Å². The summed E-state index contributed by atoms with van der Waals surface area (Å²) >= 11 is 0.864. The molecule has 0 radical (unpaired) electrons. The van der Waals surface area contributed by atoms with E-state index in [1.54, 1.807) is 0 Å². The Hall–Kier alpha value is -0.520. The second-order valence-corrected chi connectivity index (χ2v) is 6.88. The number of esters is 1. The molecule has 0 bridgehead atoms. The van der Waals surface area contributed by atoms with Crippen molar-refractivity contribution in [2.45, 2.75) is 33.7 Å². The Kier molecular flexibility index (Phi) is 6.85. The fourth-order valence-corrected chi connectivity index (χ4v) is 2.12. The predicted octanol–water partition coefficient (Wildman–Crippen LogP) is 3.08. The second-order valence-electron chi connectivity index (χ2n) is 3.99. The van der Waals surface area contributed by atoms with Gasteiger partial charge in [-0.05, 0) is 0 Å². The molecule has 0 aromatic rings. The summed E-state index contributed by atoms with van der Waals surface area (Å²) < 4.78 is 139. The maximum absolute atomic E-state index is 13.3. The van der Waals surface area contributed by atoms with Crippen molar-refractivity contribution in [2.75, 3.05) is 7.11 Å². The van der Waals surface area contributed by atoms with Gasteiger partial charge in [0, 0.05) is 6.42 Å². The van der Waals surface area contributed by atoms with Crippen molar-refractivity contribution in [2.24, 2.45) is 0 Å². The first-order valence-corrected chi connectivity index (χ1v) is 7.83. The molecule has 0 aliphatic heterocycles. The molecule has 0 aromatic carbocycles. The van der Waals surface area contributed by atoms with Crippen LogP contribution in [0.2, 0.25) is 0 Å². The first kappa shape index (κ1) is 23.5. The van der Waals surface area contributed by atoms with Crippen molar-refractivity contribution in [1.29, 1.82) is 0 Å². The first-order chi connectivity index (χ1) is 10.3. The van der Waals surface area contributed by atoms with Crippen LogP contribution in [0.15, 0.2) is 0 Å². The summed E-state index contributed by atoms with van der Waals surface area (Å²) in [5.74, 6) is -7.12. The first-order valence-electron chi connectivity index (χ1n) is 5.20. The fourth-order valence-electron chi connectivity index (χ4n) is 0.992. The van der Waals surface area contributed by atoms with Crippen molar-refractivity contribution < 1.29 is 61.7 Å². The monoisotopic (exact) mass is 512 g/mol. The molecule has 0 aliphatic rings. The van der Waals surface area contributed by atoms with Crippen LogP contribution in [0.25, 0.3) is 0 Å². The van der Waals surface area contributed by atoms with Crippen LogP contribution in [-0.4, -0.2) is 48.8 Å². The third-order valence-electron chi connectivity index (χ3n) is 2.22. The molecule has 0 spiro atoms. The molecule has 1 atom stereocenters. The van der Waals surface area contributed by atoms with Crippen LogP contribution < -0.4 is 0 Å². The molecule has 5 nitrogen and oxygen atoms in total. The van der Waals surface area contributed by atoms with Crippen LogP contribution in [0, 0.1) is 0 Å². The van der Waals surface area contributed by atoms with Crippen LogP contribution in [-0.2, 0) is 24.5 Å². The van der Waals surface area contributed by atoms with Gasteiger partial charge in [0.25, 0.3) is 0 Å². The van der Waals surface area contributed by atoms with Crippen LogP contribution in [0.1, 0.15) is 6.42 Å². The van der Waals surface area contributed by atoms with Crippen molar-refractivity contribution in [1.82, 2.24) is 0 Å². The van der Waals surface area contributed by atoms with Gasteiger partial charge in [-0.3, -0.25) is 4.79 Å². The Morgan fingerprint density at radius 2 is 1.46 bits per heavy atom. The largest absolute Gasteiger partial charge is 0.468 e. The van der Waals surface area contributed by atoms with E-state index in [4.69, 9.17) is 0 Å². The standard InChI is InChI=1S/C8H6F9IO5S/c1-22-4(19)3(18)2-5(9,10)6(11,12)23-7(13,14)8(15,16)24(17,20)21/h3H,2H2,1H3. The highest BCUT2D eigenvalue weighted by Crippen LogP contribution is 2.48. The molecule has 0 rings (SSSR count). The van der Waals surface area contributed by atoms with Gasteiger partial charge >= 0.3 is 39.6 Å². The van der Waals surface area contributed by atoms with E-state index in [1.165, 1.54) is 0 Å². The van der Waals surface area contributed by atoms with Gasteiger partial charge in [-0.15, -0.1) is 0 Å². The molecule has 16 heteroatoms. The summed E-state index contributed by atoms with van der Waals surface area (Å²) in [6, 6.07) is 0. The zero-order valence-corrected chi connectivity index (χ0v) is 14.0. The average Bonchev–Trinajstić information content (AvgIpc) is 2.33. The van der Waals surface area contributed by atoms with Crippen molar-refractivity contribution in [3.63, 3.8) is 0 Å². The summed E-state index contributed by atoms with van der Waals surface area (Å²) in [7, 11) is -6.80. The third kappa shape index (κ3) is 4.77. The second kappa shape index (κ2) is 7.00. The summed E-state index contributed by atoms with van der Waals surface area (Å²) in [4.78, 5) is 10.8. The number of halogens is 10. The quantitative estimate of drug-likeness (QED) is 0.165. The molecule has 0 fully saturated rings. The number of rotatable bonds is 8. The number of ether oxygens (including phenoxy) is 2. The number of hydrogen-bond donors (Lipinski definition) is 0. The summed E-state index contributed by atoms with van der Waals surface area (Å²) in [6.07, 6.45) is -15.4. The Bertz CT molecular complexity index is 578. The zero-order valence-electron chi connectivity index (χ0n) is 11.0. The van der Waals surface area contributed by atoms with Gasteiger partial charge in [-0.1, -0.05) is 26.5 Å².